The molecular formula is C10H11N3O2. The smallest absolute Gasteiger partial charge is 0.268 e. The van der Waals surface area contributed by atoms with Gasteiger partial charge in [-0.3, -0.25) is 4.79 Å². The highest BCUT2D eigenvalue weighted by molar-refractivity contribution is 5.93. The van der Waals surface area contributed by atoms with Gasteiger partial charge in [0.25, 0.3) is 5.91 Å². The van der Waals surface area contributed by atoms with Gasteiger partial charge in [-0.15, -0.1) is 0 Å². The summed E-state index contributed by atoms with van der Waals surface area (Å²) in [5.74, 6) is 0.506. The Balaban J connectivity index is 1.93. The molecule has 2 aromatic rings. The average Bonchev–Trinajstić information content (AvgIpc) is 2.84. The van der Waals surface area contributed by atoms with Crippen molar-refractivity contribution in [1.29, 1.82) is 0 Å². The number of hydrogen-bond acceptors (Lipinski definition) is 3. The van der Waals surface area contributed by atoms with Gasteiger partial charge in [-0.2, -0.15) is 0 Å². The lowest BCUT2D eigenvalue weighted by Crippen LogP contribution is -2.22. The number of amides is 1. The van der Waals surface area contributed by atoms with Crippen LogP contribution in [0.1, 0.15) is 16.2 Å². The maximum absolute atomic E-state index is 11.5. The van der Waals surface area contributed by atoms with Gasteiger partial charge in [0.05, 0.1) is 12.8 Å². The fourth-order valence-electron chi connectivity index (χ4n) is 1.22. The molecule has 0 saturated heterocycles. The fourth-order valence-corrected chi connectivity index (χ4v) is 1.22. The van der Waals surface area contributed by atoms with Crippen molar-refractivity contribution in [2.45, 2.75) is 6.54 Å². The summed E-state index contributed by atoms with van der Waals surface area (Å²) < 4.78 is 5.08. The first kappa shape index (κ1) is 9.39. The van der Waals surface area contributed by atoms with Crippen molar-refractivity contribution < 1.29 is 9.21 Å². The van der Waals surface area contributed by atoms with Gasteiger partial charge >= 0.3 is 0 Å². The van der Waals surface area contributed by atoms with Gasteiger partial charge in [0.1, 0.15) is 11.5 Å². The second kappa shape index (κ2) is 3.91. The van der Waals surface area contributed by atoms with Crippen molar-refractivity contribution >= 4 is 11.6 Å². The number of nitrogens with two attached hydrogens (primary N) is 1. The minimum absolute atomic E-state index is 0.205. The zero-order valence-electron chi connectivity index (χ0n) is 7.99. The van der Waals surface area contributed by atoms with Gasteiger partial charge in [-0.25, -0.2) is 0 Å². The van der Waals surface area contributed by atoms with E-state index in [1.165, 1.54) is 0 Å². The third kappa shape index (κ3) is 2.19. The molecule has 0 fully saturated rings. The van der Waals surface area contributed by atoms with Crippen LogP contribution in [0.2, 0.25) is 0 Å². The molecule has 0 aromatic carbocycles. The first-order valence-corrected chi connectivity index (χ1v) is 4.50. The van der Waals surface area contributed by atoms with Crippen molar-refractivity contribution in [3.63, 3.8) is 0 Å². The second-order valence-corrected chi connectivity index (χ2v) is 3.11. The summed E-state index contributed by atoms with van der Waals surface area (Å²) in [4.78, 5) is 14.3. The third-order valence-corrected chi connectivity index (χ3v) is 1.95. The van der Waals surface area contributed by atoms with E-state index in [4.69, 9.17) is 10.2 Å². The molecular weight excluding hydrogens is 194 g/mol. The zero-order valence-corrected chi connectivity index (χ0v) is 7.99. The predicted molar refractivity (Wildman–Crippen MR) is 55.1 cm³/mol. The lowest BCUT2D eigenvalue weighted by Gasteiger charge is -2.00. The van der Waals surface area contributed by atoms with Crippen LogP contribution in [0.4, 0.5) is 5.69 Å². The highest BCUT2D eigenvalue weighted by Crippen LogP contribution is 2.05. The van der Waals surface area contributed by atoms with Gasteiger partial charge in [0.2, 0.25) is 0 Å². The maximum Gasteiger partial charge on any atom is 0.268 e. The Bertz CT molecular complexity index is 445. The van der Waals surface area contributed by atoms with Crippen LogP contribution in [-0.4, -0.2) is 10.9 Å². The van der Waals surface area contributed by atoms with E-state index in [2.05, 4.69) is 10.3 Å². The molecule has 4 N–H and O–H groups in total. The molecule has 0 spiro atoms. The van der Waals surface area contributed by atoms with E-state index in [1.807, 2.05) is 0 Å². The summed E-state index contributed by atoms with van der Waals surface area (Å²) in [5.41, 5.74) is 6.46. The van der Waals surface area contributed by atoms with Crippen LogP contribution >= 0.6 is 0 Å². The normalized spacial score (nSPS) is 10.1. The molecule has 2 aromatic heterocycles. The van der Waals surface area contributed by atoms with E-state index in [0.717, 1.165) is 0 Å². The zero-order chi connectivity index (χ0) is 10.7. The number of H-pyrrole nitrogens is 1. The summed E-state index contributed by atoms with van der Waals surface area (Å²) in [7, 11) is 0. The summed E-state index contributed by atoms with van der Waals surface area (Å²) >= 11 is 0. The topological polar surface area (TPSA) is 84.0 Å². The Kier molecular flexibility index (Phi) is 2.45. The molecule has 0 aliphatic rings. The van der Waals surface area contributed by atoms with Gasteiger partial charge in [-0.05, 0) is 18.2 Å². The van der Waals surface area contributed by atoms with Crippen LogP contribution in [0, 0.1) is 0 Å². The van der Waals surface area contributed by atoms with Gasteiger partial charge in [-0.1, -0.05) is 0 Å². The largest absolute Gasteiger partial charge is 0.467 e. The number of aromatic nitrogens is 1. The first-order valence-electron chi connectivity index (χ1n) is 4.50. The number of carbonyl (C=O) groups excluding carboxylic acids is 1. The Morgan fingerprint density at radius 2 is 2.47 bits per heavy atom. The minimum atomic E-state index is -0.205. The predicted octanol–water partition coefficient (Wildman–Crippen LogP) is 1.12. The van der Waals surface area contributed by atoms with Crippen LogP contribution in [0.3, 0.4) is 0 Å². The molecule has 0 bridgehead atoms. The standard InChI is InChI=1S/C10H11N3O2/c11-7-4-9(12-5-7)10(14)13-6-8-2-1-3-15-8/h1-5,12H,6,11H2,(H,13,14). The van der Waals surface area contributed by atoms with Crippen molar-refractivity contribution in [2.24, 2.45) is 0 Å². The first-order chi connectivity index (χ1) is 7.25. The number of rotatable bonds is 3. The number of furan rings is 1. The highest BCUT2D eigenvalue weighted by Gasteiger charge is 2.07. The summed E-state index contributed by atoms with van der Waals surface area (Å²) in [6.07, 6.45) is 3.13. The van der Waals surface area contributed by atoms with Crippen LogP contribution < -0.4 is 11.1 Å². The molecule has 0 aliphatic heterocycles. The quantitative estimate of drug-likeness (QED) is 0.702. The van der Waals surface area contributed by atoms with Gasteiger partial charge in [0.15, 0.2) is 0 Å². The van der Waals surface area contributed by atoms with Crippen LogP contribution in [0.15, 0.2) is 35.1 Å². The number of aromatic amines is 1. The van der Waals surface area contributed by atoms with Crippen molar-refractivity contribution in [3.8, 4) is 0 Å². The van der Waals surface area contributed by atoms with E-state index >= 15 is 0 Å². The monoisotopic (exact) mass is 205 g/mol. The number of nitrogens with one attached hydrogen (secondary N) is 2. The van der Waals surface area contributed by atoms with Crippen LogP contribution in [0.5, 0.6) is 0 Å². The average molecular weight is 205 g/mol. The molecule has 15 heavy (non-hydrogen) atoms. The lowest BCUT2D eigenvalue weighted by atomic mass is 10.3. The number of hydrogen-bond donors (Lipinski definition) is 3. The van der Waals surface area contributed by atoms with E-state index in [0.29, 0.717) is 23.7 Å². The van der Waals surface area contributed by atoms with Gasteiger partial charge in [0, 0.05) is 11.9 Å². The van der Waals surface area contributed by atoms with Gasteiger partial charge < -0.3 is 20.5 Å². The Labute approximate surface area is 86.3 Å². The molecule has 78 valence electrons. The maximum atomic E-state index is 11.5. The molecule has 1 amide bonds. The van der Waals surface area contributed by atoms with Crippen molar-refractivity contribution in [1.82, 2.24) is 10.3 Å². The number of carbonyl (C=O) groups is 1. The van der Waals surface area contributed by atoms with Crippen LogP contribution in [0.25, 0.3) is 0 Å². The van der Waals surface area contributed by atoms with Crippen LogP contribution in [-0.2, 0) is 6.54 Å². The lowest BCUT2D eigenvalue weighted by molar-refractivity contribution is 0.0943. The SMILES string of the molecule is Nc1c[nH]c(C(=O)NCc2ccco2)c1. The molecule has 5 nitrogen and oxygen atoms in total. The Hall–Kier alpha value is -2.17. The molecule has 0 unspecified atom stereocenters. The molecule has 0 aliphatic carbocycles. The van der Waals surface area contributed by atoms with Crippen molar-refractivity contribution in [2.75, 3.05) is 5.73 Å². The van der Waals surface area contributed by atoms with E-state index in [1.54, 1.807) is 30.7 Å². The number of nitrogen functional groups attached to an aromatic ring is 1. The Morgan fingerprint density at radius 3 is 3.07 bits per heavy atom. The molecule has 2 rings (SSSR count). The summed E-state index contributed by atoms with van der Waals surface area (Å²) in [6, 6.07) is 5.15. The van der Waals surface area contributed by atoms with E-state index in [-0.39, 0.29) is 5.91 Å². The molecule has 2 heterocycles. The summed E-state index contributed by atoms with van der Waals surface area (Å²) in [5, 5.41) is 2.70. The molecule has 0 atom stereocenters. The highest BCUT2D eigenvalue weighted by atomic mass is 16.3. The Morgan fingerprint density at radius 1 is 1.60 bits per heavy atom. The fraction of sp³-hybridized carbons (Fsp3) is 0.100. The van der Waals surface area contributed by atoms with Crippen molar-refractivity contribution in [3.05, 3.63) is 42.1 Å². The molecule has 5 heteroatoms. The second-order valence-electron chi connectivity index (χ2n) is 3.11. The van der Waals surface area contributed by atoms with E-state index in [9.17, 15) is 4.79 Å². The third-order valence-electron chi connectivity index (χ3n) is 1.95. The minimum Gasteiger partial charge on any atom is -0.467 e. The number of anilines is 1. The van der Waals surface area contributed by atoms with E-state index < -0.39 is 0 Å². The summed E-state index contributed by atoms with van der Waals surface area (Å²) in [6.45, 7) is 0.366. The molecule has 0 radical (unpaired) electrons. The molecule has 0 saturated carbocycles.